The molecule has 0 aromatic carbocycles. The molecule has 0 bridgehead atoms. The second-order valence-electron chi connectivity index (χ2n) is 4.50. The van der Waals surface area contributed by atoms with Crippen LogP contribution in [0.3, 0.4) is 0 Å². The van der Waals surface area contributed by atoms with Crippen LogP contribution in [0.5, 0.6) is 0 Å². The third kappa shape index (κ3) is 4.80. The Morgan fingerprint density at radius 3 is 2.60 bits per heavy atom. The molecule has 1 saturated carbocycles. The third-order valence-electron chi connectivity index (χ3n) is 2.96. The summed E-state index contributed by atoms with van der Waals surface area (Å²) >= 11 is 5.24. The molecule has 0 saturated heterocycles. The molecule has 0 heterocycles. The van der Waals surface area contributed by atoms with Gasteiger partial charge in [0.15, 0.2) is 5.11 Å². The molecule has 1 fully saturated rings. The van der Waals surface area contributed by atoms with E-state index in [-0.39, 0.29) is 5.54 Å². The highest BCUT2D eigenvalue weighted by atomic mass is 32.1. The lowest BCUT2D eigenvalue weighted by molar-refractivity contribution is 0.203. The summed E-state index contributed by atoms with van der Waals surface area (Å²) in [7, 11) is 1.70. The minimum Gasteiger partial charge on any atom is -0.383 e. The highest BCUT2D eigenvalue weighted by molar-refractivity contribution is 7.80. The molecule has 2 N–H and O–H groups in total. The lowest BCUT2D eigenvalue weighted by Crippen LogP contribution is -2.51. The SMILES string of the molecule is COCCNC(=S)NC1(C)CCCCC1. The number of rotatable bonds is 4. The van der Waals surface area contributed by atoms with Crippen molar-refractivity contribution in [3.05, 3.63) is 0 Å². The Labute approximate surface area is 98.0 Å². The molecule has 1 aliphatic rings. The quantitative estimate of drug-likeness (QED) is 0.570. The zero-order valence-electron chi connectivity index (χ0n) is 9.77. The molecule has 0 atom stereocenters. The van der Waals surface area contributed by atoms with Crippen molar-refractivity contribution in [1.82, 2.24) is 10.6 Å². The Bertz CT molecular complexity index is 203. The first-order chi connectivity index (χ1) is 7.16. The summed E-state index contributed by atoms with van der Waals surface area (Å²) < 4.78 is 4.96. The van der Waals surface area contributed by atoms with Gasteiger partial charge >= 0.3 is 0 Å². The van der Waals surface area contributed by atoms with E-state index in [2.05, 4.69) is 17.6 Å². The predicted octanol–water partition coefficient (Wildman–Crippen LogP) is 1.82. The van der Waals surface area contributed by atoms with Crippen molar-refractivity contribution in [2.45, 2.75) is 44.6 Å². The second kappa shape index (κ2) is 6.28. The van der Waals surface area contributed by atoms with Gasteiger partial charge in [-0.3, -0.25) is 0 Å². The van der Waals surface area contributed by atoms with Gasteiger partial charge in [-0.05, 0) is 32.0 Å². The van der Waals surface area contributed by atoms with E-state index in [1.54, 1.807) is 7.11 Å². The van der Waals surface area contributed by atoms with Crippen LogP contribution < -0.4 is 10.6 Å². The fraction of sp³-hybridized carbons (Fsp3) is 0.909. The Hall–Kier alpha value is -0.350. The summed E-state index contributed by atoms with van der Waals surface area (Å²) in [4.78, 5) is 0. The molecular formula is C11H22N2OS. The van der Waals surface area contributed by atoms with Crippen LogP contribution in [0, 0.1) is 0 Å². The minimum atomic E-state index is 0.204. The van der Waals surface area contributed by atoms with E-state index in [1.807, 2.05) is 0 Å². The topological polar surface area (TPSA) is 33.3 Å². The zero-order chi connectivity index (χ0) is 11.1. The van der Waals surface area contributed by atoms with Crippen LogP contribution in [0.1, 0.15) is 39.0 Å². The first kappa shape index (κ1) is 12.7. The molecule has 1 aliphatic carbocycles. The summed E-state index contributed by atoms with van der Waals surface area (Å²) in [6.07, 6.45) is 6.42. The van der Waals surface area contributed by atoms with Crippen molar-refractivity contribution in [3.8, 4) is 0 Å². The molecule has 15 heavy (non-hydrogen) atoms. The maximum absolute atomic E-state index is 5.24. The van der Waals surface area contributed by atoms with Crippen molar-refractivity contribution in [2.75, 3.05) is 20.3 Å². The lowest BCUT2D eigenvalue weighted by atomic mass is 9.83. The van der Waals surface area contributed by atoms with Crippen LogP contribution in [0.2, 0.25) is 0 Å². The molecule has 0 radical (unpaired) electrons. The number of methoxy groups -OCH3 is 1. The number of nitrogens with one attached hydrogen (secondary N) is 2. The van der Waals surface area contributed by atoms with E-state index in [9.17, 15) is 0 Å². The van der Waals surface area contributed by atoms with Gasteiger partial charge in [0, 0.05) is 19.2 Å². The van der Waals surface area contributed by atoms with E-state index < -0.39 is 0 Å². The Balaban J connectivity index is 2.23. The standard InChI is InChI=1S/C11H22N2OS/c1-11(6-4-3-5-7-11)13-10(15)12-8-9-14-2/h3-9H2,1-2H3,(H2,12,13,15). The fourth-order valence-corrected chi connectivity index (χ4v) is 2.39. The van der Waals surface area contributed by atoms with Crippen LogP contribution in [0.4, 0.5) is 0 Å². The monoisotopic (exact) mass is 230 g/mol. The Morgan fingerprint density at radius 1 is 1.33 bits per heavy atom. The van der Waals surface area contributed by atoms with E-state index in [4.69, 9.17) is 17.0 Å². The number of hydrogen-bond donors (Lipinski definition) is 2. The fourth-order valence-electron chi connectivity index (χ4n) is 2.04. The predicted molar refractivity (Wildman–Crippen MR) is 67.1 cm³/mol. The number of hydrogen-bond acceptors (Lipinski definition) is 2. The van der Waals surface area contributed by atoms with E-state index >= 15 is 0 Å². The highest BCUT2D eigenvalue weighted by Crippen LogP contribution is 2.27. The second-order valence-corrected chi connectivity index (χ2v) is 4.90. The maximum Gasteiger partial charge on any atom is 0.166 e. The normalized spacial score (nSPS) is 19.6. The maximum atomic E-state index is 5.24. The van der Waals surface area contributed by atoms with Crippen LogP contribution in [0.15, 0.2) is 0 Å². The first-order valence-electron chi connectivity index (χ1n) is 5.71. The highest BCUT2D eigenvalue weighted by Gasteiger charge is 2.26. The summed E-state index contributed by atoms with van der Waals surface area (Å²) in [6, 6.07) is 0. The molecule has 1 rings (SSSR count). The molecule has 0 spiro atoms. The molecule has 0 aromatic heterocycles. The van der Waals surface area contributed by atoms with Crippen molar-refractivity contribution in [1.29, 1.82) is 0 Å². The van der Waals surface area contributed by atoms with Crippen molar-refractivity contribution in [2.24, 2.45) is 0 Å². The third-order valence-corrected chi connectivity index (χ3v) is 3.21. The average molecular weight is 230 g/mol. The van der Waals surface area contributed by atoms with Gasteiger partial charge in [0.05, 0.1) is 6.61 Å². The van der Waals surface area contributed by atoms with Crippen molar-refractivity contribution < 1.29 is 4.74 Å². The first-order valence-corrected chi connectivity index (χ1v) is 6.12. The molecule has 0 aromatic rings. The lowest BCUT2D eigenvalue weighted by Gasteiger charge is -2.35. The van der Waals surface area contributed by atoms with Gasteiger partial charge in [0.25, 0.3) is 0 Å². The molecule has 3 nitrogen and oxygen atoms in total. The largest absolute Gasteiger partial charge is 0.383 e. The Kier molecular flexibility index (Phi) is 5.32. The van der Waals surface area contributed by atoms with Crippen LogP contribution in [-0.2, 0) is 4.74 Å². The van der Waals surface area contributed by atoms with Gasteiger partial charge in [-0.15, -0.1) is 0 Å². The molecule has 0 aliphatic heterocycles. The summed E-state index contributed by atoms with van der Waals surface area (Å²) in [6.45, 7) is 3.73. The van der Waals surface area contributed by atoms with Gasteiger partial charge in [-0.25, -0.2) is 0 Å². The van der Waals surface area contributed by atoms with Crippen LogP contribution >= 0.6 is 12.2 Å². The number of thiocarbonyl (C=S) groups is 1. The summed E-state index contributed by atoms with van der Waals surface area (Å²) in [5, 5.41) is 7.33. The van der Waals surface area contributed by atoms with Gasteiger partial charge in [0.1, 0.15) is 0 Å². The molecule has 88 valence electrons. The number of ether oxygens (including phenoxy) is 1. The molecule has 4 heteroatoms. The van der Waals surface area contributed by atoms with Crippen LogP contribution in [-0.4, -0.2) is 30.9 Å². The van der Waals surface area contributed by atoms with E-state index in [1.165, 1.54) is 32.1 Å². The van der Waals surface area contributed by atoms with Crippen LogP contribution in [0.25, 0.3) is 0 Å². The van der Waals surface area contributed by atoms with E-state index in [0.29, 0.717) is 6.61 Å². The van der Waals surface area contributed by atoms with Crippen molar-refractivity contribution in [3.63, 3.8) is 0 Å². The Morgan fingerprint density at radius 2 is 2.00 bits per heavy atom. The smallest absolute Gasteiger partial charge is 0.166 e. The van der Waals surface area contributed by atoms with Gasteiger partial charge < -0.3 is 15.4 Å². The minimum absolute atomic E-state index is 0.204. The van der Waals surface area contributed by atoms with Gasteiger partial charge in [0.2, 0.25) is 0 Å². The molecule has 0 unspecified atom stereocenters. The van der Waals surface area contributed by atoms with Gasteiger partial charge in [-0.1, -0.05) is 19.3 Å². The average Bonchev–Trinajstić information content (AvgIpc) is 2.18. The van der Waals surface area contributed by atoms with Crippen molar-refractivity contribution >= 4 is 17.3 Å². The zero-order valence-corrected chi connectivity index (χ0v) is 10.6. The molecule has 0 amide bonds. The summed E-state index contributed by atoms with van der Waals surface area (Å²) in [5.41, 5.74) is 0.204. The van der Waals surface area contributed by atoms with E-state index in [0.717, 1.165) is 11.7 Å². The molecular weight excluding hydrogens is 208 g/mol. The summed E-state index contributed by atoms with van der Waals surface area (Å²) in [5.74, 6) is 0. The van der Waals surface area contributed by atoms with Gasteiger partial charge in [-0.2, -0.15) is 0 Å².